The summed E-state index contributed by atoms with van der Waals surface area (Å²) >= 11 is 2.41. The first-order valence-electron chi connectivity index (χ1n) is 6.51. The highest BCUT2D eigenvalue weighted by molar-refractivity contribution is 14.1. The maximum absolute atomic E-state index is 4.40. The summed E-state index contributed by atoms with van der Waals surface area (Å²) in [5.74, 6) is 0.510. The van der Waals surface area contributed by atoms with E-state index in [2.05, 4.69) is 64.1 Å². The van der Waals surface area contributed by atoms with Gasteiger partial charge in [0.15, 0.2) is 0 Å². The smallest absolute Gasteiger partial charge is 0.143 e. The number of alkyl halides is 1. The fourth-order valence-electron chi connectivity index (χ4n) is 1.88. The van der Waals surface area contributed by atoms with Crippen LogP contribution < -0.4 is 0 Å². The van der Waals surface area contributed by atoms with E-state index in [4.69, 9.17) is 0 Å². The molecule has 0 saturated heterocycles. The summed E-state index contributed by atoms with van der Waals surface area (Å²) in [5.41, 5.74) is 2.40. The summed E-state index contributed by atoms with van der Waals surface area (Å²) < 4.78 is 3.35. The van der Waals surface area contributed by atoms with Crippen molar-refractivity contribution in [2.24, 2.45) is 0 Å². The van der Waals surface area contributed by atoms with Gasteiger partial charge in [-0.15, -0.1) is 0 Å². The molecule has 0 aliphatic rings. The number of hydrogen-bond donors (Lipinski definition) is 0. The van der Waals surface area contributed by atoms with E-state index in [0.717, 1.165) is 10.1 Å². The number of hydrogen-bond acceptors (Lipinski definition) is 2. The van der Waals surface area contributed by atoms with Crippen LogP contribution in [0.3, 0.4) is 0 Å². The van der Waals surface area contributed by atoms with Crippen molar-refractivity contribution < 1.29 is 0 Å². The van der Waals surface area contributed by atoms with Gasteiger partial charge < -0.3 is 4.57 Å². The first-order valence-corrected chi connectivity index (χ1v) is 8.04. The van der Waals surface area contributed by atoms with E-state index in [9.17, 15) is 0 Å². The standard InChI is InChI=1S/C12H16IN3.C2H6/c1-8(2)11-6-16(9(3)4-13)12-10(11)5-14-7-15-12;1-2/h5-9H,4H2,1-3H3;1-2H3. The Bertz CT molecular complexity index is 491. The Morgan fingerprint density at radius 1 is 1.28 bits per heavy atom. The third kappa shape index (κ3) is 3.02. The van der Waals surface area contributed by atoms with Gasteiger partial charge >= 0.3 is 0 Å². The summed E-state index contributed by atoms with van der Waals surface area (Å²) in [6, 6.07) is 0.477. The number of nitrogens with zero attached hydrogens (tertiary/aromatic N) is 3. The zero-order valence-electron chi connectivity index (χ0n) is 11.8. The molecular formula is C14H22IN3. The van der Waals surface area contributed by atoms with Crippen LogP contribution >= 0.6 is 22.6 Å². The van der Waals surface area contributed by atoms with Gasteiger partial charge in [-0.1, -0.05) is 50.3 Å². The molecule has 0 N–H and O–H groups in total. The normalized spacial score (nSPS) is 12.4. The lowest BCUT2D eigenvalue weighted by atomic mass is 10.1. The predicted molar refractivity (Wildman–Crippen MR) is 86.6 cm³/mol. The van der Waals surface area contributed by atoms with Crippen LogP contribution in [0.2, 0.25) is 0 Å². The Balaban J connectivity index is 0.000000771. The van der Waals surface area contributed by atoms with Crippen LogP contribution in [0.15, 0.2) is 18.7 Å². The average molecular weight is 359 g/mol. The average Bonchev–Trinajstić information content (AvgIpc) is 2.80. The molecule has 0 amide bonds. The lowest BCUT2D eigenvalue weighted by Crippen LogP contribution is -2.05. The summed E-state index contributed by atoms with van der Waals surface area (Å²) in [7, 11) is 0. The van der Waals surface area contributed by atoms with Crippen molar-refractivity contribution >= 4 is 33.6 Å². The molecule has 0 aromatic carbocycles. The van der Waals surface area contributed by atoms with Crippen molar-refractivity contribution in [3.05, 3.63) is 24.3 Å². The Kier molecular flexibility index (Phi) is 6.05. The summed E-state index contributed by atoms with van der Waals surface area (Å²) in [4.78, 5) is 8.53. The zero-order chi connectivity index (χ0) is 13.7. The Morgan fingerprint density at radius 3 is 2.50 bits per heavy atom. The van der Waals surface area contributed by atoms with Gasteiger partial charge in [0, 0.05) is 28.2 Å². The van der Waals surface area contributed by atoms with Gasteiger partial charge in [0.2, 0.25) is 0 Å². The Labute approximate surface area is 123 Å². The highest BCUT2D eigenvalue weighted by Gasteiger charge is 2.15. The van der Waals surface area contributed by atoms with Gasteiger partial charge in [0.05, 0.1) is 0 Å². The second kappa shape index (κ2) is 7.07. The van der Waals surface area contributed by atoms with Crippen LogP contribution in [0.4, 0.5) is 0 Å². The van der Waals surface area contributed by atoms with Crippen molar-refractivity contribution in [1.29, 1.82) is 0 Å². The molecule has 0 spiro atoms. The molecule has 18 heavy (non-hydrogen) atoms. The fourth-order valence-corrected chi connectivity index (χ4v) is 2.31. The van der Waals surface area contributed by atoms with E-state index in [1.807, 2.05) is 20.0 Å². The van der Waals surface area contributed by atoms with Gasteiger partial charge in [-0.25, -0.2) is 9.97 Å². The van der Waals surface area contributed by atoms with Crippen molar-refractivity contribution in [3.63, 3.8) is 0 Å². The van der Waals surface area contributed by atoms with Crippen LogP contribution in [0.1, 0.15) is 52.1 Å². The maximum atomic E-state index is 4.40. The van der Waals surface area contributed by atoms with E-state index >= 15 is 0 Å². The quantitative estimate of drug-likeness (QED) is 0.593. The van der Waals surface area contributed by atoms with E-state index in [-0.39, 0.29) is 0 Å². The molecule has 2 aromatic rings. The van der Waals surface area contributed by atoms with E-state index in [0.29, 0.717) is 12.0 Å². The van der Waals surface area contributed by atoms with Crippen LogP contribution in [0.5, 0.6) is 0 Å². The number of fused-ring (bicyclic) bond motifs is 1. The van der Waals surface area contributed by atoms with Gasteiger partial charge in [-0.05, 0) is 18.4 Å². The highest BCUT2D eigenvalue weighted by atomic mass is 127. The molecule has 2 heterocycles. The van der Waals surface area contributed by atoms with Crippen molar-refractivity contribution in [2.45, 2.75) is 46.6 Å². The minimum atomic E-state index is 0.477. The molecule has 2 rings (SSSR count). The minimum Gasteiger partial charge on any atom is -0.329 e. The Hall–Kier alpha value is -0.650. The van der Waals surface area contributed by atoms with Crippen molar-refractivity contribution in [3.8, 4) is 0 Å². The van der Waals surface area contributed by atoms with Crippen LogP contribution in [-0.2, 0) is 0 Å². The van der Waals surface area contributed by atoms with Gasteiger partial charge in [0.1, 0.15) is 12.0 Å². The third-order valence-corrected chi connectivity index (χ3v) is 4.12. The first kappa shape index (κ1) is 15.4. The second-order valence-corrected chi connectivity index (χ2v) is 5.29. The SMILES string of the molecule is CC.CC(C)c1cn(C(C)CI)c2ncncc12. The molecule has 0 radical (unpaired) electrons. The van der Waals surface area contributed by atoms with Gasteiger partial charge in [-0.2, -0.15) is 0 Å². The minimum absolute atomic E-state index is 0.477. The van der Waals surface area contributed by atoms with Crippen LogP contribution in [0.25, 0.3) is 11.0 Å². The summed E-state index contributed by atoms with van der Waals surface area (Å²) in [5, 5.41) is 1.19. The Morgan fingerprint density at radius 2 is 1.94 bits per heavy atom. The molecule has 3 nitrogen and oxygen atoms in total. The monoisotopic (exact) mass is 359 g/mol. The third-order valence-electron chi connectivity index (χ3n) is 2.85. The lowest BCUT2D eigenvalue weighted by molar-refractivity contribution is 0.631. The van der Waals surface area contributed by atoms with Crippen molar-refractivity contribution in [1.82, 2.24) is 14.5 Å². The molecule has 0 bridgehead atoms. The maximum Gasteiger partial charge on any atom is 0.143 e. The van der Waals surface area contributed by atoms with E-state index in [1.54, 1.807) is 6.33 Å². The molecule has 100 valence electrons. The molecule has 0 saturated carbocycles. The molecule has 0 aliphatic heterocycles. The molecular weight excluding hydrogens is 337 g/mol. The second-order valence-electron chi connectivity index (χ2n) is 4.41. The van der Waals surface area contributed by atoms with Gasteiger partial charge in [0.25, 0.3) is 0 Å². The first-order chi connectivity index (χ1) is 8.65. The molecule has 0 fully saturated rings. The lowest BCUT2D eigenvalue weighted by Gasteiger charge is -2.10. The van der Waals surface area contributed by atoms with Crippen LogP contribution in [-0.4, -0.2) is 19.0 Å². The predicted octanol–water partition coefficient (Wildman–Crippen LogP) is 4.58. The zero-order valence-corrected chi connectivity index (χ0v) is 14.0. The fraction of sp³-hybridized carbons (Fsp3) is 0.571. The summed E-state index contributed by atoms with van der Waals surface area (Å²) in [6.07, 6.45) is 5.78. The number of rotatable bonds is 3. The number of halogens is 1. The van der Waals surface area contributed by atoms with Crippen molar-refractivity contribution in [2.75, 3.05) is 4.43 Å². The molecule has 4 heteroatoms. The number of aromatic nitrogens is 3. The van der Waals surface area contributed by atoms with Crippen LogP contribution in [0, 0.1) is 0 Å². The van der Waals surface area contributed by atoms with Gasteiger partial charge in [-0.3, -0.25) is 0 Å². The topological polar surface area (TPSA) is 30.7 Å². The molecule has 1 unspecified atom stereocenters. The molecule has 2 aromatic heterocycles. The largest absolute Gasteiger partial charge is 0.329 e. The highest BCUT2D eigenvalue weighted by Crippen LogP contribution is 2.28. The van der Waals surface area contributed by atoms with E-state index in [1.165, 1.54) is 10.9 Å². The molecule has 0 aliphatic carbocycles. The van der Waals surface area contributed by atoms with E-state index < -0.39 is 0 Å². The molecule has 1 atom stereocenters. The summed E-state index contributed by atoms with van der Waals surface area (Å²) in [6.45, 7) is 10.6.